The third kappa shape index (κ3) is 2.57. The van der Waals surface area contributed by atoms with Gasteiger partial charge in [0.25, 0.3) is 0 Å². The lowest BCUT2D eigenvalue weighted by molar-refractivity contribution is 0.0969. The Morgan fingerprint density at radius 3 is 2.71 bits per heavy atom. The van der Waals surface area contributed by atoms with Crippen LogP contribution in [0.2, 0.25) is 0 Å². The molecule has 1 saturated carbocycles. The molecule has 1 aromatic heterocycles. The Morgan fingerprint density at radius 1 is 1.05 bits per heavy atom. The number of ketones is 1. The Bertz CT molecular complexity index is 632. The summed E-state index contributed by atoms with van der Waals surface area (Å²) in [7, 11) is 0. The lowest BCUT2D eigenvalue weighted by Gasteiger charge is -1.99. The Hall–Kier alpha value is -1.41. The van der Waals surface area contributed by atoms with Crippen LogP contribution in [-0.4, -0.2) is 5.78 Å². The number of fused-ring (bicyclic) bond motifs is 1. The summed E-state index contributed by atoms with van der Waals surface area (Å²) in [5.74, 6) is 1.08. The summed E-state index contributed by atoms with van der Waals surface area (Å²) in [4.78, 5) is 15.2. The lowest BCUT2D eigenvalue weighted by Crippen LogP contribution is -2.00. The van der Waals surface area contributed by atoms with E-state index in [0.29, 0.717) is 11.7 Å². The van der Waals surface area contributed by atoms with Crippen molar-refractivity contribution in [2.45, 2.75) is 44.4 Å². The van der Waals surface area contributed by atoms with Crippen LogP contribution in [0, 0.1) is 5.92 Å². The summed E-state index contributed by atoms with van der Waals surface area (Å²) in [5.41, 5.74) is 2.78. The molecular weight excluding hydrogens is 276 g/mol. The van der Waals surface area contributed by atoms with E-state index in [1.54, 1.807) is 11.3 Å². The molecule has 0 radical (unpaired) electrons. The topological polar surface area (TPSA) is 17.1 Å². The van der Waals surface area contributed by atoms with Gasteiger partial charge in [-0.25, -0.2) is 0 Å². The molecule has 2 aliphatic carbocycles. The van der Waals surface area contributed by atoms with Crippen LogP contribution in [-0.2, 0) is 12.8 Å². The quantitative estimate of drug-likeness (QED) is 0.575. The van der Waals surface area contributed by atoms with Gasteiger partial charge in [0.1, 0.15) is 0 Å². The van der Waals surface area contributed by atoms with Gasteiger partial charge in [0.15, 0.2) is 5.78 Å². The molecule has 2 unspecified atom stereocenters. The molecule has 0 amide bonds. The van der Waals surface area contributed by atoms with Crippen molar-refractivity contribution in [2.75, 3.05) is 0 Å². The van der Waals surface area contributed by atoms with Gasteiger partial charge < -0.3 is 0 Å². The molecule has 108 valence electrons. The van der Waals surface area contributed by atoms with Crippen molar-refractivity contribution in [1.29, 1.82) is 0 Å². The third-order valence-corrected chi connectivity index (χ3v) is 6.10. The summed E-state index contributed by atoms with van der Waals surface area (Å²) in [5, 5.41) is 0. The molecule has 0 bridgehead atoms. The van der Waals surface area contributed by atoms with Crippen LogP contribution in [0.1, 0.15) is 57.3 Å². The Balaban J connectivity index is 1.52. The molecule has 2 aromatic rings. The first-order chi connectivity index (χ1) is 10.3. The number of benzene rings is 1. The summed E-state index contributed by atoms with van der Waals surface area (Å²) < 4.78 is 0. The van der Waals surface area contributed by atoms with E-state index in [1.807, 2.05) is 6.07 Å². The molecule has 1 aromatic carbocycles. The van der Waals surface area contributed by atoms with Crippen molar-refractivity contribution in [3.05, 3.63) is 57.3 Å². The monoisotopic (exact) mass is 296 g/mol. The van der Waals surface area contributed by atoms with Crippen molar-refractivity contribution in [3.8, 4) is 0 Å². The number of hydrogen-bond donors (Lipinski definition) is 0. The highest BCUT2D eigenvalue weighted by Crippen LogP contribution is 2.50. The molecule has 21 heavy (non-hydrogen) atoms. The van der Waals surface area contributed by atoms with Gasteiger partial charge in [0, 0.05) is 10.8 Å². The highest BCUT2D eigenvalue weighted by atomic mass is 32.1. The third-order valence-electron chi connectivity index (χ3n) is 4.84. The standard InChI is InChI=1S/C19H20OS/c20-19(16-12-15(16)13-7-3-1-4-8-13)18-11-14-9-5-2-6-10-17(14)21-18/h1,3-4,7-8,11,15-16H,2,5-6,9-10,12H2. The molecule has 4 rings (SSSR count). The largest absolute Gasteiger partial charge is 0.293 e. The van der Waals surface area contributed by atoms with E-state index in [4.69, 9.17) is 0 Å². The molecule has 0 saturated heterocycles. The Kier molecular flexibility index (Phi) is 3.42. The fourth-order valence-corrected chi connectivity index (χ4v) is 4.78. The summed E-state index contributed by atoms with van der Waals surface area (Å²) in [6.07, 6.45) is 7.30. The number of rotatable bonds is 3. The Labute approximate surface area is 130 Å². The van der Waals surface area contributed by atoms with E-state index >= 15 is 0 Å². The summed E-state index contributed by atoms with van der Waals surface area (Å²) in [6.45, 7) is 0. The van der Waals surface area contributed by atoms with E-state index in [2.05, 4.69) is 30.3 Å². The van der Waals surface area contributed by atoms with Gasteiger partial charge in [-0.1, -0.05) is 36.8 Å². The second kappa shape index (κ2) is 5.42. The number of carbonyl (C=O) groups is 1. The first-order valence-electron chi connectivity index (χ1n) is 8.03. The van der Waals surface area contributed by atoms with Crippen LogP contribution in [0.4, 0.5) is 0 Å². The number of hydrogen-bond acceptors (Lipinski definition) is 2. The summed E-state index contributed by atoms with van der Waals surface area (Å²) >= 11 is 1.77. The second-order valence-electron chi connectivity index (χ2n) is 6.34. The highest BCUT2D eigenvalue weighted by Gasteiger charge is 2.44. The van der Waals surface area contributed by atoms with Crippen LogP contribution >= 0.6 is 11.3 Å². The Morgan fingerprint density at radius 2 is 1.86 bits per heavy atom. The maximum atomic E-state index is 12.7. The lowest BCUT2D eigenvalue weighted by atomic mass is 10.1. The first kappa shape index (κ1) is 13.3. The molecule has 2 aliphatic rings. The smallest absolute Gasteiger partial charge is 0.176 e. The van der Waals surface area contributed by atoms with Crippen LogP contribution in [0.3, 0.4) is 0 Å². The predicted molar refractivity (Wildman–Crippen MR) is 87.2 cm³/mol. The SMILES string of the molecule is O=C(c1cc2c(s1)CCCCC2)C1CC1c1ccccc1. The van der Waals surface area contributed by atoms with Gasteiger partial charge in [-0.3, -0.25) is 4.79 Å². The van der Waals surface area contributed by atoms with Crippen molar-refractivity contribution in [2.24, 2.45) is 5.92 Å². The van der Waals surface area contributed by atoms with Gasteiger partial charge >= 0.3 is 0 Å². The highest BCUT2D eigenvalue weighted by molar-refractivity contribution is 7.14. The van der Waals surface area contributed by atoms with Gasteiger partial charge in [-0.2, -0.15) is 0 Å². The molecule has 2 atom stereocenters. The van der Waals surface area contributed by atoms with E-state index in [-0.39, 0.29) is 5.92 Å². The van der Waals surface area contributed by atoms with Crippen molar-refractivity contribution >= 4 is 17.1 Å². The van der Waals surface area contributed by atoms with Crippen molar-refractivity contribution in [3.63, 3.8) is 0 Å². The minimum atomic E-state index is 0.231. The normalized spacial score (nSPS) is 24.2. The molecular formula is C19H20OS. The van der Waals surface area contributed by atoms with E-state index in [9.17, 15) is 4.79 Å². The molecule has 0 aliphatic heterocycles. The number of carbonyl (C=O) groups excluding carboxylic acids is 1. The second-order valence-corrected chi connectivity index (χ2v) is 7.48. The van der Waals surface area contributed by atoms with Gasteiger partial charge in [-0.05, 0) is 55.2 Å². The van der Waals surface area contributed by atoms with E-state index in [0.717, 1.165) is 11.3 Å². The fourth-order valence-electron chi connectivity index (χ4n) is 3.52. The van der Waals surface area contributed by atoms with Crippen LogP contribution in [0.25, 0.3) is 0 Å². The minimum Gasteiger partial charge on any atom is -0.293 e. The zero-order chi connectivity index (χ0) is 14.2. The first-order valence-corrected chi connectivity index (χ1v) is 8.85. The van der Waals surface area contributed by atoms with Crippen molar-refractivity contribution < 1.29 is 4.79 Å². The average Bonchev–Trinajstić information content (AvgIpc) is 3.27. The van der Waals surface area contributed by atoms with E-state index < -0.39 is 0 Å². The van der Waals surface area contributed by atoms with Crippen LogP contribution in [0.15, 0.2) is 36.4 Å². The molecule has 0 spiro atoms. The molecule has 1 heterocycles. The van der Waals surface area contributed by atoms with Crippen molar-refractivity contribution in [1.82, 2.24) is 0 Å². The maximum Gasteiger partial charge on any atom is 0.176 e. The zero-order valence-electron chi connectivity index (χ0n) is 12.2. The zero-order valence-corrected chi connectivity index (χ0v) is 13.0. The fraction of sp³-hybridized carbons (Fsp3) is 0.421. The molecule has 0 N–H and O–H groups in total. The molecule has 2 heteroatoms. The van der Waals surface area contributed by atoms with E-state index in [1.165, 1.54) is 48.1 Å². The number of thiophene rings is 1. The molecule has 1 nitrogen and oxygen atoms in total. The van der Waals surface area contributed by atoms with Gasteiger partial charge in [0.2, 0.25) is 0 Å². The summed E-state index contributed by atoms with van der Waals surface area (Å²) in [6, 6.07) is 12.7. The predicted octanol–water partition coefficient (Wildman–Crippen LogP) is 5.00. The molecule has 1 fully saturated rings. The van der Waals surface area contributed by atoms with Gasteiger partial charge in [0.05, 0.1) is 4.88 Å². The van der Waals surface area contributed by atoms with Crippen LogP contribution < -0.4 is 0 Å². The number of aryl methyl sites for hydroxylation is 2. The van der Waals surface area contributed by atoms with Gasteiger partial charge in [-0.15, -0.1) is 11.3 Å². The average molecular weight is 296 g/mol. The van der Waals surface area contributed by atoms with Crippen LogP contribution in [0.5, 0.6) is 0 Å². The minimum absolute atomic E-state index is 0.231. The maximum absolute atomic E-state index is 12.7. The number of Topliss-reactive ketones (excluding diaryl/α,β-unsaturated/α-hetero) is 1.